The van der Waals surface area contributed by atoms with Crippen molar-refractivity contribution in [2.45, 2.75) is 25.2 Å². The van der Waals surface area contributed by atoms with Crippen molar-refractivity contribution in [1.29, 1.82) is 0 Å². The van der Waals surface area contributed by atoms with Crippen LogP contribution in [-0.4, -0.2) is 23.3 Å². The zero-order valence-electron chi connectivity index (χ0n) is 6.48. The molecule has 0 atom stereocenters. The molecule has 1 fully saturated rings. The second-order valence-electron chi connectivity index (χ2n) is 3.04. The van der Waals surface area contributed by atoms with E-state index >= 15 is 0 Å². The predicted molar refractivity (Wildman–Crippen MR) is 39.2 cm³/mol. The van der Waals surface area contributed by atoms with E-state index in [9.17, 15) is 8.78 Å². The van der Waals surface area contributed by atoms with Gasteiger partial charge in [-0.3, -0.25) is 5.01 Å². The average molecular weight is 176 g/mol. The average Bonchev–Trinajstić information content (AvgIpc) is 2.31. The molecule has 0 aromatic carbocycles. The van der Waals surface area contributed by atoms with E-state index in [1.165, 1.54) is 0 Å². The summed E-state index contributed by atoms with van der Waals surface area (Å²) in [4.78, 5) is 0. The lowest BCUT2D eigenvalue weighted by Gasteiger charge is -2.15. The van der Waals surface area contributed by atoms with Gasteiger partial charge in [0.15, 0.2) is 0 Å². The van der Waals surface area contributed by atoms with Gasteiger partial charge >= 0.3 is 0 Å². The van der Waals surface area contributed by atoms with Gasteiger partial charge in [-0.05, 0) is 6.42 Å². The van der Waals surface area contributed by atoms with Crippen LogP contribution in [-0.2, 0) is 0 Å². The highest BCUT2D eigenvalue weighted by molar-refractivity contribution is 5.83. The molecule has 4 nitrogen and oxygen atoms in total. The third-order valence-electron chi connectivity index (χ3n) is 2.02. The van der Waals surface area contributed by atoms with Gasteiger partial charge in [0, 0.05) is 13.0 Å². The summed E-state index contributed by atoms with van der Waals surface area (Å²) in [6, 6.07) is 0. The first-order valence-electron chi connectivity index (χ1n) is 3.90. The number of hydrogen-bond donors (Lipinski definition) is 2. The fourth-order valence-corrected chi connectivity index (χ4v) is 1.41. The molecule has 12 heavy (non-hydrogen) atoms. The molecule has 6 heteroatoms. The van der Waals surface area contributed by atoms with Crippen LogP contribution in [0.25, 0.3) is 0 Å². The molecular formula is C6H10F2N4. The Morgan fingerprint density at radius 3 is 3.17 bits per heavy atom. The van der Waals surface area contributed by atoms with E-state index in [2.05, 4.69) is 16.2 Å². The fraction of sp³-hybridized carbons (Fsp3) is 0.833. The van der Waals surface area contributed by atoms with Crippen molar-refractivity contribution >= 4 is 5.84 Å². The Balaban J connectivity index is 2.13. The molecule has 0 spiro atoms. The first kappa shape index (κ1) is 7.72. The summed E-state index contributed by atoms with van der Waals surface area (Å²) in [5.41, 5.74) is 5.14. The van der Waals surface area contributed by atoms with Crippen LogP contribution < -0.4 is 11.1 Å². The van der Waals surface area contributed by atoms with Crippen molar-refractivity contribution in [3.8, 4) is 0 Å². The van der Waals surface area contributed by atoms with Gasteiger partial charge in [-0.1, -0.05) is 0 Å². The van der Waals surface area contributed by atoms with E-state index in [1.54, 1.807) is 5.01 Å². The van der Waals surface area contributed by atoms with E-state index in [1.807, 2.05) is 0 Å². The zero-order valence-corrected chi connectivity index (χ0v) is 6.48. The number of nitrogens with one attached hydrogen (secondary N) is 2. The zero-order chi connectivity index (χ0) is 8.60. The van der Waals surface area contributed by atoms with Crippen molar-refractivity contribution in [2.24, 2.45) is 5.10 Å². The van der Waals surface area contributed by atoms with Crippen LogP contribution in [0, 0.1) is 0 Å². The monoisotopic (exact) mass is 176 g/mol. The Morgan fingerprint density at radius 1 is 1.50 bits per heavy atom. The Hall–Kier alpha value is -0.910. The van der Waals surface area contributed by atoms with E-state index in [4.69, 9.17) is 0 Å². The van der Waals surface area contributed by atoms with Crippen molar-refractivity contribution in [1.82, 2.24) is 16.1 Å². The maximum Gasteiger partial charge on any atom is 0.255 e. The number of amidine groups is 1. The Bertz CT molecular complexity index is 216. The molecule has 2 aliphatic rings. The summed E-state index contributed by atoms with van der Waals surface area (Å²) in [6.45, 7) is 0.585. The normalized spacial score (nSPS) is 27.2. The maximum atomic E-state index is 12.9. The smallest absolute Gasteiger partial charge is 0.255 e. The lowest BCUT2D eigenvalue weighted by molar-refractivity contribution is 0.00107. The maximum absolute atomic E-state index is 12.9. The largest absolute Gasteiger partial charge is 0.275 e. The molecule has 1 saturated heterocycles. The number of fused-ring (bicyclic) bond motifs is 1. The van der Waals surface area contributed by atoms with Gasteiger partial charge in [-0.25, -0.2) is 14.3 Å². The molecular weight excluding hydrogens is 166 g/mol. The first-order valence-corrected chi connectivity index (χ1v) is 3.90. The van der Waals surface area contributed by atoms with Crippen LogP contribution in [0.3, 0.4) is 0 Å². The van der Waals surface area contributed by atoms with Crippen LogP contribution in [0.4, 0.5) is 8.78 Å². The topological polar surface area (TPSA) is 39.7 Å². The van der Waals surface area contributed by atoms with Crippen LogP contribution in [0.1, 0.15) is 19.3 Å². The molecule has 0 aliphatic carbocycles. The van der Waals surface area contributed by atoms with Crippen molar-refractivity contribution in [2.75, 3.05) is 6.54 Å². The Kier molecular flexibility index (Phi) is 1.64. The minimum absolute atomic E-state index is 0.0514. The molecule has 0 aromatic heterocycles. The third kappa shape index (κ3) is 1.34. The highest BCUT2D eigenvalue weighted by Crippen LogP contribution is 2.28. The SMILES string of the molecule is FC1(F)CCCN2NNN=C2C1. The quantitative estimate of drug-likeness (QED) is 0.562. The van der Waals surface area contributed by atoms with E-state index in [-0.39, 0.29) is 12.8 Å². The van der Waals surface area contributed by atoms with E-state index in [0.29, 0.717) is 18.8 Å². The summed E-state index contributed by atoms with van der Waals surface area (Å²) in [6.07, 6.45) is 0.165. The highest BCUT2D eigenvalue weighted by Gasteiger charge is 2.36. The molecule has 0 saturated carbocycles. The Labute approximate surface area is 68.5 Å². The van der Waals surface area contributed by atoms with Gasteiger partial charge in [-0.15, -0.1) is 10.6 Å². The van der Waals surface area contributed by atoms with Crippen molar-refractivity contribution in [3.05, 3.63) is 0 Å². The van der Waals surface area contributed by atoms with E-state index < -0.39 is 5.92 Å². The van der Waals surface area contributed by atoms with Crippen LogP contribution in [0.2, 0.25) is 0 Å². The van der Waals surface area contributed by atoms with E-state index in [0.717, 1.165) is 0 Å². The Morgan fingerprint density at radius 2 is 2.33 bits per heavy atom. The summed E-state index contributed by atoms with van der Waals surface area (Å²) in [5, 5.41) is 5.34. The molecule has 2 N–H and O–H groups in total. The lowest BCUT2D eigenvalue weighted by Crippen LogP contribution is -2.41. The number of hydrazine groups is 2. The van der Waals surface area contributed by atoms with Crippen LogP contribution in [0.15, 0.2) is 5.10 Å². The number of halogens is 2. The van der Waals surface area contributed by atoms with Crippen molar-refractivity contribution < 1.29 is 8.78 Å². The summed E-state index contributed by atoms with van der Waals surface area (Å²) in [7, 11) is 0. The van der Waals surface area contributed by atoms with Crippen LogP contribution in [0.5, 0.6) is 0 Å². The fourth-order valence-electron chi connectivity index (χ4n) is 1.41. The summed E-state index contributed by atoms with van der Waals surface area (Å²) >= 11 is 0. The number of nitrogens with zero attached hydrogens (tertiary/aromatic N) is 2. The van der Waals surface area contributed by atoms with Crippen molar-refractivity contribution in [3.63, 3.8) is 0 Å². The minimum Gasteiger partial charge on any atom is -0.275 e. The number of rotatable bonds is 0. The second-order valence-corrected chi connectivity index (χ2v) is 3.04. The molecule has 2 rings (SSSR count). The lowest BCUT2D eigenvalue weighted by atomic mass is 10.1. The molecule has 68 valence electrons. The van der Waals surface area contributed by atoms with Gasteiger partial charge in [0.05, 0.1) is 6.42 Å². The molecule has 2 aliphatic heterocycles. The predicted octanol–water partition coefficient (Wildman–Crippen LogP) is 0.444. The highest BCUT2D eigenvalue weighted by atomic mass is 19.3. The number of hydrogen-bond acceptors (Lipinski definition) is 4. The summed E-state index contributed by atoms with van der Waals surface area (Å²) in [5.74, 6) is -2.20. The van der Waals surface area contributed by atoms with Gasteiger partial charge in [0.25, 0.3) is 5.92 Å². The third-order valence-corrected chi connectivity index (χ3v) is 2.02. The van der Waals surface area contributed by atoms with Gasteiger partial charge in [0.2, 0.25) is 0 Å². The molecule has 0 amide bonds. The van der Waals surface area contributed by atoms with Crippen LogP contribution >= 0.6 is 0 Å². The number of hydrazone groups is 1. The minimum atomic E-state index is -2.60. The van der Waals surface area contributed by atoms with Gasteiger partial charge < -0.3 is 0 Å². The molecule has 0 radical (unpaired) electrons. The second kappa shape index (κ2) is 2.55. The van der Waals surface area contributed by atoms with Gasteiger partial charge in [0.1, 0.15) is 5.84 Å². The molecule has 2 heterocycles. The standard InChI is InChI=1S/C6H10F2N4/c7-6(8)2-1-3-12-5(4-6)9-10-11-12/h10-11H,1-4H2. The molecule has 0 unspecified atom stereocenters. The first-order chi connectivity index (χ1) is 5.67. The summed E-state index contributed by atoms with van der Waals surface area (Å²) < 4.78 is 25.9. The molecule has 0 bridgehead atoms. The molecule has 0 aromatic rings. The number of alkyl halides is 2. The van der Waals surface area contributed by atoms with Gasteiger partial charge in [-0.2, -0.15) is 0 Å².